The predicted octanol–water partition coefficient (Wildman–Crippen LogP) is 0.450. The van der Waals surface area contributed by atoms with Gasteiger partial charge >= 0.3 is 5.97 Å². The molecule has 3 atom stereocenters. The molecule has 2 fully saturated rings. The summed E-state index contributed by atoms with van der Waals surface area (Å²) in [5, 5.41) is 12.1. The van der Waals surface area contributed by atoms with E-state index in [2.05, 4.69) is 5.32 Å². The van der Waals surface area contributed by atoms with E-state index in [0.717, 1.165) is 38.8 Å². The number of carboxylic acid groups (broad SMARTS) is 1. The van der Waals surface area contributed by atoms with E-state index in [1.54, 1.807) is 0 Å². The van der Waals surface area contributed by atoms with E-state index in [1.165, 1.54) is 0 Å². The summed E-state index contributed by atoms with van der Waals surface area (Å²) in [7, 11) is 0. The van der Waals surface area contributed by atoms with Crippen LogP contribution in [0.3, 0.4) is 0 Å². The van der Waals surface area contributed by atoms with Crippen LogP contribution in [-0.4, -0.2) is 47.1 Å². The lowest BCUT2D eigenvalue weighted by Gasteiger charge is -2.36. The van der Waals surface area contributed by atoms with Crippen LogP contribution in [0.2, 0.25) is 0 Å². The molecule has 0 spiro atoms. The molecule has 0 aromatic heterocycles. The highest BCUT2D eigenvalue weighted by Crippen LogP contribution is 2.28. The SMILES string of the molecule is CC(NC1CCC1C(=O)O)C(=O)N1CCCC1. The number of carbonyl (C=O) groups is 2. The monoisotopic (exact) mass is 240 g/mol. The van der Waals surface area contributed by atoms with Crippen molar-refractivity contribution in [2.75, 3.05) is 13.1 Å². The van der Waals surface area contributed by atoms with Crippen molar-refractivity contribution in [2.24, 2.45) is 5.92 Å². The van der Waals surface area contributed by atoms with Gasteiger partial charge in [-0.1, -0.05) is 0 Å². The topological polar surface area (TPSA) is 69.6 Å². The minimum Gasteiger partial charge on any atom is -0.481 e. The van der Waals surface area contributed by atoms with Gasteiger partial charge in [0.25, 0.3) is 0 Å². The largest absolute Gasteiger partial charge is 0.481 e. The highest BCUT2D eigenvalue weighted by atomic mass is 16.4. The van der Waals surface area contributed by atoms with Gasteiger partial charge in [-0.2, -0.15) is 0 Å². The summed E-state index contributed by atoms with van der Waals surface area (Å²) in [6.45, 7) is 3.52. The maximum absolute atomic E-state index is 12.0. The number of hydrogen-bond donors (Lipinski definition) is 2. The Kier molecular flexibility index (Phi) is 3.66. The molecule has 2 aliphatic rings. The number of rotatable bonds is 4. The third kappa shape index (κ3) is 2.60. The van der Waals surface area contributed by atoms with E-state index in [1.807, 2.05) is 11.8 Å². The number of nitrogens with one attached hydrogen (secondary N) is 1. The highest BCUT2D eigenvalue weighted by Gasteiger charge is 2.38. The van der Waals surface area contributed by atoms with Crippen LogP contribution in [0.1, 0.15) is 32.6 Å². The van der Waals surface area contributed by atoms with Crippen LogP contribution >= 0.6 is 0 Å². The second-order valence-corrected chi connectivity index (χ2v) is 5.05. The molecular weight excluding hydrogens is 220 g/mol. The summed E-state index contributed by atoms with van der Waals surface area (Å²) in [6.07, 6.45) is 3.74. The lowest BCUT2D eigenvalue weighted by Crippen LogP contribution is -2.55. The maximum atomic E-state index is 12.0. The Labute approximate surface area is 101 Å². The first-order valence-corrected chi connectivity index (χ1v) is 6.37. The van der Waals surface area contributed by atoms with Gasteiger partial charge in [0.2, 0.25) is 5.91 Å². The van der Waals surface area contributed by atoms with Gasteiger partial charge < -0.3 is 15.3 Å². The highest BCUT2D eigenvalue weighted by molar-refractivity contribution is 5.82. The maximum Gasteiger partial charge on any atom is 0.308 e. The van der Waals surface area contributed by atoms with Crippen molar-refractivity contribution in [3.8, 4) is 0 Å². The summed E-state index contributed by atoms with van der Waals surface area (Å²) in [6, 6.07) is -0.297. The lowest BCUT2D eigenvalue weighted by molar-refractivity contribution is -0.147. The number of aliphatic carboxylic acids is 1. The molecule has 1 saturated carbocycles. The molecule has 1 aliphatic heterocycles. The quantitative estimate of drug-likeness (QED) is 0.748. The Morgan fingerprint density at radius 2 is 1.94 bits per heavy atom. The molecule has 0 bridgehead atoms. The zero-order chi connectivity index (χ0) is 12.4. The number of nitrogens with zero attached hydrogens (tertiary/aromatic N) is 1. The van der Waals surface area contributed by atoms with Gasteiger partial charge in [0.1, 0.15) is 0 Å². The fourth-order valence-electron chi connectivity index (χ4n) is 2.60. The van der Waals surface area contributed by atoms with Crippen molar-refractivity contribution in [1.29, 1.82) is 0 Å². The molecule has 96 valence electrons. The Morgan fingerprint density at radius 1 is 1.29 bits per heavy atom. The first-order chi connectivity index (χ1) is 8.09. The van der Waals surface area contributed by atoms with Crippen LogP contribution < -0.4 is 5.32 Å². The van der Waals surface area contributed by atoms with Gasteiger partial charge in [0, 0.05) is 19.1 Å². The molecule has 17 heavy (non-hydrogen) atoms. The number of likely N-dealkylation sites (tertiary alicyclic amines) is 1. The third-order valence-electron chi connectivity index (χ3n) is 3.84. The molecule has 1 amide bonds. The molecular formula is C12H20N2O3. The van der Waals surface area contributed by atoms with Crippen molar-refractivity contribution in [3.63, 3.8) is 0 Å². The second-order valence-electron chi connectivity index (χ2n) is 5.05. The summed E-state index contributed by atoms with van der Waals surface area (Å²) in [4.78, 5) is 24.7. The van der Waals surface area contributed by atoms with Gasteiger partial charge in [-0.25, -0.2) is 0 Å². The molecule has 0 aromatic carbocycles. The molecule has 2 rings (SSSR count). The van der Waals surface area contributed by atoms with Gasteiger partial charge in [-0.3, -0.25) is 9.59 Å². The number of carbonyl (C=O) groups excluding carboxylic acids is 1. The number of amides is 1. The first kappa shape index (κ1) is 12.4. The Hall–Kier alpha value is -1.10. The standard InChI is InChI=1S/C12H20N2O3/c1-8(11(15)14-6-2-3-7-14)13-10-5-4-9(10)12(16)17/h8-10,13H,2-7H2,1H3,(H,16,17). The summed E-state index contributed by atoms with van der Waals surface area (Å²) in [5.41, 5.74) is 0. The van der Waals surface area contributed by atoms with Crippen LogP contribution in [0, 0.1) is 5.92 Å². The van der Waals surface area contributed by atoms with Crippen molar-refractivity contribution in [3.05, 3.63) is 0 Å². The smallest absolute Gasteiger partial charge is 0.308 e. The summed E-state index contributed by atoms with van der Waals surface area (Å²) in [5.74, 6) is -0.961. The van der Waals surface area contributed by atoms with Gasteiger partial charge in [-0.15, -0.1) is 0 Å². The summed E-state index contributed by atoms with van der Waals surface area (Å²) < 4.78 is 0. The molecule has 1 saturated heterocycles. The molecule has 5 nitrogen and oxygen atoms in total. The zero-order valence-electron chi connectivity index (χ0n) is 10.2. The van der Waals surface area contributed by atoms with E-state index in [9.17, 15) is 9.59 Å². The fourth-order valence-corrected chi connectivity index (χ4v) is 2.60. The van der Waals surface area contributed by atoms with Crippen LogP contribution in [0.25, 0.3) is 0 Å². The molecule has 2 N–H and O–H groups in total. The number of carboxylic acids is 1. The normalized spacial score (nSPS) is 29.8. The van der Waals surface area contributed by atoms with Crippen molar-refractivity contribution in [1.82, 2.24) is 10.2 Å². The van der Waals surface area contributed by atoms with Crippen LogP contribution in [0.5, 0.6) is 0 Å². The molecule has 0 aromatic rings. The Balaban J connectivity index is 1.82. The predicted molar refractivity (Wildman–Crippen MR) is 62.6 cm³/mol. The number of hydrogen-bond acceptors (Lipinski definition) is 3. The van der Waals surface area contributed by atoms with Crippen molar-refractivity contribution in [2.45, 2.75) is 44.7 Å². The van der Waals surface area contributed by atoms with E-state index in [-0.39, 0.29) is 23.9 Å². The molecule has 0 radical (unpaired) electrons. The fraction of sp³-hybridized carbons (Fsp3) is 0.833. The Morgan fingerprint density at radius 3 is 2.41 bits per heavy atom. The van der Waals surface area contributed by atoms with E-state index >= 15 is 0 Å². The molecule has 5 heteroatoms. The Bertz CT molecular complexity index is 313. The average molecular weight is 240 g/mol. The minimum absolute atomic E-state index is 0.0333. The van der Waals surface area contributed by atoms with Gasteiger partial charge in [0.15, 0.2) is 0 Å². The molecule has 3 unspecified atom stereocenters. The van der Waals surface area contributed by atoms with E-state index in [4.69, 9.17) is 5.11 Å². The second kappa shape index (κ2) is 5.04. The molecule has 1 heterocycles. The van der Waals surface area contributed by atoms with Gasteiger partial charge in [-0.05, 0) is 32.6 Å². The van der Waals surface area contributed by atoms with Gasteiger partial charge in [0.05, 0.1) is 12.0 Å². The lowest BCUT2D eigenvalue weighted by atomic mass is 9.79. The van der Waals surface area contributed by atoms with E-state index < -0.39 is 5.97 Å². The zero-order valence-corrected chi connectivity index (χ0v) is 10.2. The van der Waals surface area contributed by atoms with Crippen molar-refractivity contribution < 1.29 is 14.7 Å². The van der Waals surface area contributed by atoms with Crippen LogP contribution in [0.15, 0.2) is 0 Å². The van der Waals surface area contributed by atoms with E-state index in [0.29, 0.717) is 0 Å². The van der Waals surface area contributed by atoms with Crippen molar-refractivity contribution >= 4 is 11.9 Å². The average Bonchev–Trinajstić information content (AvgIpc) is 2.75. The molecule has 1 aliphatic carbocycles. The first-order valence-electron chi connectivity index (χ1n) is 6.37. The summed E-state index contributed by atoms with van der Waals surface area (Å²) >= 11 is 0. The third-order valence-corrected chi connectivity index (χ3v) is 3.84. The van der Waals surface area contributed by atoms with Crippen LogP contribution in [-0.2, 0) is 9.59 Å². The minimum atomic E-state index is -0.755. The van der Waals surface area contributed by atoms with Crippen LogP contribution in [0.4, 0.5) is 0 Å².